The molecule has 0 bridgehead atoms. The highest BCUT2D eigenvalue weighted by molar-refractivity contribution is 9.11. The molecule has 0 aliphatic rings. The number of halogens is 4. The number of benzene rings is 2. The lowest BCUT2D eigenvalue weighted by atomic mass is 10.2. The lowest BCUT2D eigenvalue weighted by molar-refractivity contribution is 0.102. The summed E-state index contributed by atoms with van der Waals surface area (Å²) in [6.45, 7) is 1.85. The third kappa shape index (κ3) is 3.55. The largest absolute Gasteiger partial charge is 0.321 e. The van der Waals surface area contributed by atoms with Gasteiger partial charge in [0.1, 0.15) is 0 Å². The quantitative estimate of drug-likeness (QED) is 0.606. The van der Waals surface area contributed by atoms with E-state index < -0.39 is 0 Å². The fourth-order valence-electron chi connectivity index (χ4n) is 1.60. The topological polar surface area (TPSA) is 29.1 Å². The second kappa shape index (κ2) is 6.48. The van der Waals surface area contributed by atoms with Gasteiger partial charge in [0.05, 0.1) is 16.3 Å². The second-order valence-corrected chi connectivity index (χ2v) is 6.74. The summed E-state index contributed by atoms with van der Waals surface area (Å²) < 4.78 is 1.52. The molecule has 2 aromatic carbocycles. The molecule has 0 atom stereocenters. The number of anilines is 1. The molecule has 0 radical (unpaired) electrons. The van der Waals surface area contributed by atoms with E-state index in [1.54, 1.807) is 24.3 Å². The second-order valence-electron chi connectivity index (χ2n) is 4.16. The van der Waals surface area contributed by atoms with Crippen LogP contribution in [0.3, 0.4) is 0 Å². The Bertz CT molecular complexity index is 689. The van der Waals surface area contributed by atoms with E-state index in [2.05, 4.69) is 37.2 Å². The standard InChI is InChI=1S/C14H9Br2Cl2NO/c1-7-4-12(18)13(6-11(7)17)19-14(20)9-5-8(15)2-3-10(9)16/h2-6H,1H3,(H,19,20). The SMILES string of the molecule is Cc1cc(Cl)c(NC(=O)c2cc(Br)ccc2Br)cc1Cl. The molecule has 0 aromatic heterocycles. The molecular formula is C14H9Br2Cl2NO. The zero-order valence-corrected chi connectivity index (χ0v) is 15.0. The molecule has 0 aliphatic carbocycles. The van der Waals surface area contributed by atoms with E-state index in [4.69, 9.17) is 23.2 Å². The Morgan fingerprint density at radius 3 is 2.50 bits per heavy atom. The Labute approximate surface area is 143 Å². The summed E-state index contributed by atoms with van der Waals surface area (Å²) in [5.41, 5.74) is 1.85. The zero-order chi connectivity index (χ0) is 14.9. The number of hydrogen-bond acceptors (Lipinski definition) is 1. The van der Waals surface area contributed by atoms with Crippen LogP contribution in [0.4, 0.5) is 5.69 Å². The molecule has 20 heavy (non-hydrogen) atoms. The number of amides is 1. The van der Waals surface area contributed by atoms with Gasteiger partial charge in [0.2, 0.25) is 0 Å². The minimum atomic E-state index is -0.264. The maximum absolute atomic E-state index is 12.3. The summed E-state index contributed by atoms with van der Waals surface area (Å²) in [6.07, 6.45) is 0. The highest BCUT2D eigenvalue weighted by Gasteiger charge is 2.13. The van der Waals surface area contributed by atoms with E-state index in [-0.39, 0.29) is 5.91 Å². The van der Waals surface area contributed by atoms with Gasteiger partial charge in [-0.3, -0.25) is 4.79 Å². The minimum absolute atomic E-state index is 0.264. The number of nitrogens with one attached hydrogen (secondary N) is 1. The van der Waals surface area contributed by atoms with Crippen LogP contribution in [-0.4, -0.2) is 5.91 Å². The highest BCUT2D eigenvalue weighted by Crippen LogP contribution is 2.30. The number of hydrogen-bond donors (Lipinski definition) is 1. The first kappa shape index (κ1) is 15.8. The average molecular weight is 438 g/mol. The molecule has 2 aromatic rings. The first-order chi connectivity index (χ1) is 9.38. The molecule has 2 nitrogen and oxygen atoms in total. The van der Waals surface area contributed by atoms with Crippen LogP contribution in [0, 0.1) is 6.92 Å². The Morgan fingerprint density at radius 1 is 1.10 bits per heavy atom. The van der Waals surface area contributed by atoms with Crippen LogP contribution in [0.1, 0.15) is 15.9 Å². The molecular weight excluding hydrogens is 429 g/mol. The van der Waals surface area contributed by atoms with Gasteiger partial charge in [0.15, 0.2) is 0 Å². The monoisotopic (exact) mass is 435 g/mol. The summed E-state index contributed by atoms with van der Waals surface area (Å²) in [7, 11) is 0. The first-order valence-electron chi connectivity index (χ1n) is 5.60. The summed E-state index contributed by atoms with van der Waals surface area (Å²) in [6, 6.07) is 8.72. The van der Waals surface area contributed by atoms with Crippen molar-refractivity contribution in [3.8, 4) is 0 Å². The highest BCUT2D eigenvalue weighted by atomic mass is 79.9. The van der Waals surface area contributed by atoms with E-state index in [9.17, 15) is 4.79 Å². The van der Waals surface area contributed by atoms with Crippen LogP contribution in [-0.2, 0) is 0 Å². The van der Waals surface area contributed by atoms with E-state index in [0.717, 1.165) is 10.0 Å². The van der Waals surface area contributed by atoms with E-state index in [0.29, 0.717) is 25.8 Å². The van der Waals surface area contributed by atoms with Crippen LogP contribution in [0.2, 0.25) is 10.0 Å². The van der Waals surface area contributed by atoms with Gasteiger partial charge in [-0.15, -0.1) is 0 Å². The maximum atomic E-state index is 12.3. The average Bonchev–Trinajstić information content (AvgIpc) is 2.38. The summed E-state index contributed by atoms with van der Waals surface area (Å²) in [5, 5.41) is 3.76. The van der Waals surface area contributed by atoms with Gasteiger partial charge in [-0.25, -0.2) is 0 Å². The van der Waals surface area contributed by atoms with Gasteiger partial charge in [-0.2, -0.15) is 0 Å². The van der Waals surface area contributed by atoms with E-state index in [1.807, 2.05) is 13.0 Å². The van der Waals surface area contributed by atoms with Crippen molar-refractivity contribution in [1.29, 1.82) is 0 Å². The Morgan fingerprint density at radius 2 is 1.80 bits per heavy atom. The van der Waals surface area contributed by atoms with Crippen LogP contribution < -0.4 is 5.32 Å². The lowest BCUT2D eigenvalue weighted by Crippen LogP contribution is -2.13. The minimum Gasteiger partial charge on any atom is -0.321 e. The van der Waals surface area contributed by atoms with Crippen molar-refractivity contribution in [3.63, 3.8) is 0 Å². The summed E-state index contributed by atoms with van der Waals surface area (Å²) >= 11 is 18.8. The Hall–Kier alpha value is -0.550. The molecule has 0 spiro atoms. The Balaban J connectivity index is 2.32. The summed E-state index contributed by atoms with van der Waals surface area (Å²) in [4.78, 5) is 12.3. The van der Waals surface area contributed by atoms with Crippen LogP contribution >= 0.6 is 55.1 Å². The fraction of sp³-hybridized carbons (Fsp3) is 0.0714. The van der Waals surface area contributed by atoms with Gasteiger partial charge in [0, 0.05) is 14.0 Å². The van der Waals surface area contributed by atoms with Crippen LogP contribution in [0.25, 0.3) is 0 Å². The molecule has 6 heteroatoms. The van der Waals surface area contributed by atoms with Crippen LogP contribution in [0.5, 0.6) is 0 Å². The molecule has 104 valence electrons. The third-order valence-electron chi connectivity index (χ3n) is 2.67. The van der Waals surface area contributed by atoms with Crippen molar-refractivity contribution in [1.82, 2.24) is 0 Å². The van der Waals surface area contributed by atoms with Crippen molar-refractivity contribution < 1.29 is 4.79 Å². The maximum Gasteiger partial charge on any atom is 0.256 e. The molecule has 0 heterocycles. The molecule has 0 saturated carbocycles. The lowest BCUT2D eigenvalue weighted by Gasteiger charge is -2.10. The molecule has 0 fully saturated rings. The number of rotatable bonds is 2. The van der Waals surface area contributed by atoms with Gasteiger partial charge < -0.3 is 5.32 Å². The van der Waals surface area contributed by atoms with Crippen molar-refractivity contribution in [2.45, 2.75) is 6.92 Å². The van der Waals surface area contributed by atoms with Crippen molar-refractivity contribution in [2.24, 2.45) is 0 Å². The van der Waals surface area contributed by atoms with Crippen molar-refractivity contribution in [2.75, 3.05) is 5.32 Å². The normalized spacial score (nSPS) is 10.4. The zero-order valence-electron chi connectivity index (χ0n) is 10.3. The van der Waals surface area contributed by atoms with Crippen LogP contribution in [0.15, 0.2) is 39.3 Å². The predicted octanol–water partition coefficient (Wildman–Crippen LogP) is 6.08. The number of carbonyl (C=O) groups excluding carboxylic acids is 1. The smallest absolute Gasteiger partial charge is 0.256 e. The molecule has 0 unspecified atom stereocenters. The van der Waals surface area contributed by atoms with Crippen molar-refractivity contribution in [3.05, 3.63) is 60.4 Å². The van der Waals surface area contributed by atoms with Gasteiger partial charge in [0.25, 0.3) is 5.91 Å². The predicted molar refractivity (Wildman–Crippen MR) is 91.0 cm³/mol. The molecule has 0 aliphatic heterocycles. The van der Waals surface area contributed by atoms with Gasteiger partial charge in [-0.05, 0) is 58.7 Å². The summed E-state index contributed by atoms with van der Waals surface area (Å²) in [5.74, 6) is -0.264. The fourth-order valence-corrected chi connectivity index (χ4v) is 2.82. The molecule has 2 rings (SSSR count). The number of aryl methyl sites for hydroxylation is 1. The molecule has 0 saturated heterocycles. The number of carbonyl (C=O) groups is 1. The van der Waals surface area contributed by atoms with E-state index >= 15 is 0 Å². The Kier molecular flexibility index (Phi) is 5.13. The first-order valence-corrected chi connectivity index (χ1v) is 7.94. The molecule has 1 N–H and O–H groups in total. The van der Waals surface area contributed by atoms with Crippen molar-refractivity contribution >= 4 is 66.7 Å². The molecule has 1 amide bonds. The van der Waals surface area contributed by atoms with Gasteiger partial charge in [-0.1, -0.05) is 39.1 Å². The van der Waals surface area contributed by atoms with E-state index in [1.165, 1.54) is 0 Å². The third-order valence-corrected chi connectivity index (χ3v) is 4.57. The van der Waals surface area contributed by atoms with Gasteiger partial charge >= 0.3 is 0 Å².